The summed E-state index contributed by atoms with van der Waals surface area (Å²) in [6.07, 6.45) is 0.193. The largest absolute Gasteiger partial charge is 0.497 e. The van der Waals surface area contributed by atoms with Gasteiger partial charge in [0.2, 0.25) is 0 Å². The molecule has 6 heteroatoms. The highest BCUT2D eigenvalue weighted by Crippen LogP contribution is 2.11. The maximum atomic E-state index is 5.82. The van der Waals surface area contributed by atoms with Crippen LogP contribution >= 0.6 is 12.2 Å². The summed E-state index contributed by atoms with van der Waals surface area (Å²) in [5.41, 5.74) is 1.16. The van der Waals surface area contributed by atoms with Crippen LogP contribution in [0.4, 0.5) is 0 Å². The van der Waals surface area contributed by atoms with Gasteiger partial charge in [-0.15, -0.1) is 0 Å². The Morgan fingerprint density at radius 2 is 2.08 bits per heavy atom. The number of morpholine rings is 1. The van der Waals surface area contributed by atoms with E-state index in [1.165, 1.54) is 0 Å². The highest BCUT2D eigenvalue weighted by molar-refractivity contribution is 7.80. The standard InChI is InChI=1S/C18H29N3O2S/c1-14(2)12-21-8-9-23-17(13-21)11-20-18(24)19-10-15-4-6-16(22-3)7-5-15/h4-7,14,17H,8-13H2,1-3H3,(H2,19,20,24)/t17-/m0/s1. The predicted octanol–water partition coefficient (Wildman–Crippen LogP) is 2.02. The molecule has 0 aliphatic carbocycles. The molecule has 0 unspecified atom stereocenters. The van der Waals surface area contributed by atoms with E-state index in [0.29, 0.717) is 17.6 Å². The predicted molar refractivity (Wildman–Crippen MR) is 101 cm³/mol. The fraction of sp³-hybridized carbons (Fsp3) is 0.611. The Hall–Kier alpha value is -1.37. The molecule has 0 aromatic heterocycles. The summed E-state index contributed by atoms with van der Waals surface area (Å²) in [4.78, 5) is 2.47. The third-order valence-electron chi connectivity index (χ3n) is 3.95. The second-order valence-corrected chi connectivity index (χ2v) is 6.97. The number of methoxy groups -OCH3 is 1. The first kappa shape index (κ1) is 19.0. The van der Waals surface area contributed by atoms with E-state index in [0.717, 1.165) is 44.1 Å². The lowest BCUT2D eigenvalue weighted by atomic mass is 10.2. The summed E-state index contributed by atoms with van der Waals surface area (Å²) in [7, 11) is 1.67. The molecule has 2 rings (SSSR count). The first-order valence-electron chi connectivity index (χ1n) is 8.55. The van der Waals surface area contributed by atoms with Gasteiger partial charge in [0.1, 0.15) is 5.75 Å². The summed E-state index contributed by atoms with van der Waals surface area (Å²) in [6.45, 7) is 9.85. The first-order chi connectivity index (χ1) is 11.6. The number of thiocarbonyl (C=S) groups is 1. The minimum atomic E-state index is 0.193. The van der Waals surface area contributed by atoms with Gasteiger partial charge in [-0.2, -0.15) is 0 Å². The Balaban J connectivity index is 1.66. The molecule has 1 fully saturated rings. The summed E-state index contributed by atoms with van der Waals surface area (Å²) in [5.74, 6) is 1.55. The lowest BCUT2D eigenvalue weighted by Crippen LogP contribution is -2.49. The van der Waals surface area contributed by atoms with Crippen LogP contribution in [0.3, 0.4) is 0 Å². The number of benzene rings is 1. The maximum absolute atomic E-state index is 5.82. The van der Waals surface area contributed by atoms with Crippen molar-refractivity contribution in [2.45, 2.75) is 26.5 Å². The molecular weight excluding hydrogens is 322 g/mol. The topological polar surface area (TPSA) is 45.8 Å². The second kappa shape index (κ2) is 9.81. The van der Waals surface area contributed by atoms with Crippen LogP contribution in [0.1, 0.15) is 19.4 Å². The lowest BCUT2D eigenvalue weighted by Gasteiger charge is -2.34. The van der Waals surface area contributed by atoms with E-state index in [1.54, 1.807) is 7.11 Å². The number of rotatable bonds is 7. The Kier molecular flexibility index (Phi) is 7.75. The molecule has 0 amide bonds. The summed E-state index contributed by atoms with van der Waals surface area (Å²) in [6, 6.07) is 7.96. The minimum absolute atomic E-state index is 0.193. The summed E-state index contributed by atoms with van der Waals surface area (Å²) in [5, 5.41) is 7.16. The van der Waals surface area contributed by atoms with Gasteiger partial charge in [0, 0.05) is 32.7 Å². The van der Waals surface area contributed by atoms with Crippen molar-refractivity contribution in [2.75, 3.05) is 39.9 Å². The molecule has 0 spiro atoms. The van der Waals surface area contributed by atoms with Crippen LogP contribution in [0, 0.1) is 5.92 Å². The van der Waals surface area contributed by atoms with Gasteiger partial charge in [0.15, 0.2) is 5.11 Å². The second-order valence-electron chi connectivity index (χ2n) is 6.56. The molecule has 2 N–H and O–H groups in total. The van der Waals surface area contributed by atoms with Crippen molar-refractivity contribution in [3.63, 3.8) is 0 Å². The number of nitrogens with one attached hydrogen (secondary N) is 2. The van der Waals surface area contributed by atoms with Crippen molar-refractivity contribution in [3.05, 3.63) is 29.8 Å². The van der Waals surface area contributed by atoms with E-state index in [1.807, 2.05) is 24.3 Å². The fourth-order valence-electron chi connectivity index (χ4n) is 2.78. The van der Waals surface area contributed by atoms with Crippen LogP contribution in [-0.2, 0) is 11.3 Å². The molecule has 1 atom stereocenters. The SMILES string of the molecule is COc1ccc(CNC(=S)NC[C@H]2CN(CC(C)C)CCO2)cc1. The monoisotopic (exact) mass is 351 g/mol. The van der Waals surface area contributed by atoms with Crippen LogP contribution in [-0.4, -0.2) is 56.0 Å². The van der Waals surface area contributed by atoms with Gasteiger partial charge in [-0.3, -0.25) is 4.90 Å². The first-order valence-corrected chi connectivity index (χ1v) is 8.96. The average Bonchev–Trinajstić information content (AvgIpc) is 2.58. The molecule has 1 aliphatic heterocycles. The van der Waals surface area contributed by atoms with Crippen molar-refractivity contribution < 1.29 is 9.47 Å². The zero-order valence-corrected chi connectivity index (χ0v) is 15.7. The van der Waals surface area contributed by atoms with Crippen LogP contribution in [0.5, 0.6) is 5.75 Å². The third kappa shape index (κ3) is 6.63. The molecule has 0 radical (unpaired) electrons. The average molecular weight is 352 g/mol. The smallest absolute Gasteiger partial charge is 0.166 e. The molecule has 0 saturated carbocycles. The lowest BCUT2D eigenvalue weighted by molar-refractivity contribution is -0.0283. The minimum Gasteiger partial charge on any atom is -0.497 e. The fourth-order valence-corrected chi connectivity index (χ4v) is 2.94. The number of hydrogen-bond acceptors (Lipinski definition) is 4. The highest BCUT2D eigenvalue weighted by atomic mass is 32.1. The molecular formula is C18H29N3O2S. The van der Waals surface area contributed by atoms with E-state index < -0.39 is 0 Å². The molecule has 5 nitrogen and oxygen atoms in total. The molecule has 1 aromatic carbocycles. The third-order valence-corrected chi connectivity index (χ3v) is 4.24. The Morgan fingerprint density at radius 3 is 2.75 bits per heavy atom. The quantitative estimate of drug-likeness (QED) is 0.733. The van der Waals surface area contributed by atoms with Crippen LogP contribution in [0.15, 0.2) is 24.3 Å². The van der Waals surface area contributed by atoms with E-state index in [-0.39, 0.29) is 6.10 Å². The summed E-state index contributed by atoms with van der Waals surface area (Å²) >= 11 is 5.35. The van der Waals surface area contributed by atoms with Crippen molar-refractivity contribution in [3.8, 4) is 5.75 Å². The Labute approximate surface area is 150 Å². The van der Waals surface area contributed by atoms with Crippen molar-refractivity contribution in [2.24, 2.45) is 5.92 Å². The number of ether oxygens (including phenoxy) is 2. The van der Waals surface area contributed by atoms with Gasteiger partial charge in [-0.05, 0) is 35.8 Å². The zero-order valence-electron chi connectivity index (χ0n) is 14.9. The number of hydrogen-bond donors (Lipinski definition) is 2. The molecule has 134 valence electrons. The van der Waals surface area contributed by atoms with E-state index in [9.17, 15) is 0 Å². The maximum Gasteiger partial charge on any atom is 0.166 e. The zero-order chi connectivity index (χ0) is 17.4. The Morgan fingerprint density at radius 1 is 1.33 bits per heavy atom. The molecule has 0 bridgehead atoms. The highest BCUT2D eigenvalue weighted by Gasteiger charge is 2.20. The van der Waals surface area contributed by atoms with Gasteiger partial charge in [0.05, 0.1) is 19.8 Å². The van der Waals surface area contributed by atoms with Gasteiger partial charge in [0.25, 0.3) is 0 Å². The number of nitrogens with zero attached hydrogens (tertiary/aromatic N) is 1. The molecule has 1 aliphatic rings. The molecule has 1 saturated heterocycles. The van der Waals surface area contributed by atoms with Crippen molar-refractivity contribution >= 4 is 17.3 Å². The van der Waals surface area contributed by atoms with Gasteiger partial charge >= 0.3 is 0 Å². The van der Waals surface area contributed by atoms with E-state index >= 15 is 0 Å². The van der Waals surface area contributed by atoms with Crippen LogP contribution in [0.2, 0.25) is 0 Å². The van der Waals surface area contributed by atoms with Crippen LogP contribution < -0.4 is 15.4 Å². The van der Waals surface area contributed by atoms with Crippen LogP contribution in [0.25, 0.3) is 0 Å². The van der Waals surface area contributed by atoms with E-state index in [4.69, 9.17) is 21.7 Å². The molecule has 1 aromatic rings. The molecule has 24 heavy (non-hydrogen) atoms. The van der Waals surface area contributed by atoms with Gasteiger partial charge in [-0.25, -0.2) is 0 Å². The molecule has 1 heterocycles. The summed E-state index contributed by atoms with van der Waals surface area (Å²) < 4.78 is 11.0. The van der Waals surface area contributed by atoms with Gasteiger partial charge in [-0.1, -0.05) is 26.0 Å². The normalized spacial score (nSPS) is 18.4. The van der Waals surface area contributed by atoms with Gasteiger partial charge < -0.3 is 20.1 Å². The Bertz CT molecular complexity index is 507. The van der Waals surface area contributed by atoms with Crippen molar-refractivity contribution in [1.82, 2.24) is 15.5 Å². The van der Waals surface area contributed by atoms with E-state index in [2.05, 4.69) is 29.4 Å². The van der Waals surface area contributed by atoms with Crippen molar-refractivity contribution in [1.29, 1.82) is 0 Å².